The van der Waals surface area contributed by atoms with E-state index in [-0.39, 0.29) is 5.78 Å². The number of Topliss-reactive ketones (excluding diaryl/α,β-unsaturated/α-hetero) is 1. The van der Waals surface area contributed by atoms with E-state index in [0.717, 1.165) is 10.9 Å². The molecule has 1 nitrogen and oxygen atoms in total. The van der Waals surface area contributed by atoms with Crippen LogP contribution in [0, 0.1) is 6.92 Å². The fraction of sp³-hybridized carbons (Fsp3) is 0.364. The molecule has 0 atom stereocenters. The summed E-state index contributed by atoms with van der Waals surface area (Å²) in [6, 6.07) is 6.14. The standard InChI is InChI=1S/C11H13BrO/c1-8-4-3-5-10(11(8)12)7-6-9(2)13/h3-5H,6-7H2,1-2H3. The molecule has 0 aliphatic rings. The minimum Gasteiger partial charge on any atom is -0.300 e. The molecule has 0 radical (unpaired) electrons. The average molecular weight is 241 g/mol. The first-order chi connectivity index (χ1) is 6.11. The fourth-order valence-corrected chi connectivity index (χ4v) is 1.67. The van der Waals surface area contributed by atoms with Crippen LogP contribution in [0.5, 0.6) is 0 Å². The summed E-state index contributed by atoms with van der Waals surface area (Å²) < 4.78 is 1.14. The maximum Gasteiger partial charge on any atom is 0.130 e. The Labute approximate surface area is 87.3 Å². The molecule has 2 heteroatoms. The summed E-state index contributed by atoms with van der Waals surface area (Å²) in [7, 11) is 0. The van der Waals surface area contributed by atoms with Crippen molar-refractivity contribution >= 4 is 21.7 Å². The highest BCUT2D eigenvalue weighted by atomic mass is 79.9. The molecule has 0 aliphatic carbocycles. The third-order valence-corrected chi connectivity index (χ3v) is 3.15. The van der Waals surface area contributed by atoms with Gasteiger partial charge in [-0.05, 0) is 31.4 Å². The zero-order valence-corrected chi connectivity index (χ0v) is 9.52. The summed E-state index contributed by atoms with van der Waals surface area (Å²) in [4.78, 5) is 10.8. The van der Waals surface area contributed by atoms with Gasteiger partial charge in [0.15, 0.2) is 0 Å². The van der Waals surface area contributed by atoms with Crippen LogP contribution in [0.25, 0.3) is 0 Å². The predicted molar refractivity (Wildman–Crippen MR) is 57.9 cm³/mol. The highest BCUT2D eigenvalue weighted by Crippen LogP contribution is 2.22. The minimum atomic E-state index is 0.244. The molecule has 0 spiro atoms. The Morgan fingerprint density at radius 3 is 2.77 bits per heavy atom. The lowest BCUT2D eigenvalue weighted by molar-refractivity contribution is -0.116. The minimum absolute atomic E-state index is 0.244. The second-order valence-corrected chi connectivity index (χ2v) is 4.04. The molecule has 0 aliphatic heterocycles. The topological polar surface area (TPSA) is 17.1 Å². The SMILES string of the molecule is CC(=O)CCc1cccc(C)c1Br. The zero-order chi connectivity index (χ0) is 9.84. The van der Waals surface area contributed by atoms with Crippen LogP contribution in [0.4, 0.5) is 0 Å². The Hall–Kier alpha value is -0.630. The first kappa shape index (κ1) is 10.5. The van der Waals surface area contributed by atoms with Gasteiger partial charge >= 0.3 is 0 Å². The monoisotopic (exact) mass is 240 g/mol. The van der Waals surface area contributed by atoms with Gasteiger partial charge in [0.2, 0.25) is 0 Å². The van der Waals surface area contributed by atoms with Crippen LogP contribution in [0.1, 0.15) is 24.5 Å². The number of benzene rings is 1. The number of carbonyl (C=O) groups excluding carboxylic acids is 1. The van der Waals surface area contributed by atoms with Gasteiger partial charge in [-0.3, -0.25) is 0 Å². The van der Waals surface area contributed by atoms with Crippen molar-refractivity contribution in [3.8, 4) is 0 Å². The van der Waals surface area contributed by atoms with E-state index in [1.165, 1.54) is 11.1 Å². The Morgan fingerprint density at radius 2 is 2.15 bits per heavy atom. The van der Waals surface area contributed by atoms with Crippen molar-refractivity contribution in [1.29, 1.82) is 0 Å². The normalized spacial score (nSPS) is 10.1. The van der Waals surface area contributed by atoms with Crippen molar-refractivity contribution in [2.24, 2.45) is 0 Å². The third kappa shape index (κ3) is 2.96. The summed E-state index contributed by atoms with van der Waals surface area (Å²) >= 11 is 3.52. The molecule has 0 saturated heterocycles. The van der Waals surface area contributed by atoms with Gasteiger partial charge in [-0.25, -0.2) is 0 Å². The summed E-state index contributed by atoms with van der Waals surface area (Å²) in [6.07, 6.45) is 1.46. The van der Waals surface area contributed by atoms with Gasteiger partial charge in [0.1, 0.15) is 5.78 Å². The van der Waals surface area contributed by atoms with Crippen molar-refractivity contribution in [3.05, 3.63) is 33.8 Å². The van der Waals surface area contributed by atoms with Gasteiger partial charge in [0.25, 0.3) is 0 Å². The molecule has 0 amide bonds. The van der Waals surface area contributed by atoms with Gasteiger partial charge in [-0.2, -0.15) is 0 Å². The van der Waals surface area contributed by atoms with E-state index in [4.69, 9.17) is 0 Å². The lowest BCUT2D eigenvalue weighted by Crippen LogP contribution is -1.95. The maximum atomic E-state index is 10.8. The number of halogens is 1. The number of hydrogen-bond acceptors (Lipinski definition) is 1. The van der Waals surface area contributed by atoms with Crippen LogP contribution >= 0.6 is 15.9 Å². The Morgan fingerprint density at radius 1 is 1.46 bits per heavy atom. The fourth-order valence-electron chi connectivity index (χ4n) is 1.21. The number of rotatable bonds is 3. The van der Waals surface area contributed by atoms with E-state index in [2.05, 4.69) is 35.0 Å². The third-order valence-electron chi connectivity index (χ3n) is 2.02. The van der Waals surface area contributed by atoms with Crippen LogP contribution in [0.15, 0.2) is 22.7 Å². The van der Waals surface area contributed by atoms with E-state index < -0.39 is 0 Å². The molecule has 70 valence electrons. The van der Waals surface area contributed by atoms with Crippen LogP contribution in [0.2, 0.25) is 0 Å². The molecule has 0 fully saturated rings. The van der Waals surface area contributed by atoms with Gasteiger partial charge in [0, 0.05) is 10.9 Å². The Kier molecular flexibility index (Phi) is 3.67. The number of carbonyl (C=O) groups is 1. The first-order valence-corrected chi connectivity index (χ1v) is 5.14. The van der Waals surface area contributed by atoms with Crippen LogP contribution < -0.4 is 0 Å². The maximum absolute atomic E-state index is 10.8. The Bertz CT molecular complexity index is 318. The number of hydrogen-bond donors (Lipinski definition) is 0. The van der Waals surface area contributed by atoms with Crippen molar-refractivity contribution in [2.45, 2.75) is 26.7 Å². The molecule has 0 heterocycles. The molecule has 0 N–H and O–H groups in total. The highest BCUT2D eigenvalue weighted by molar-refractivity contribution is 9.10. The van der Waals surface area contributed by atoms with E-state index in [1.807, 2.05) is 6.07 Å². The van der Waals surface area contributed by atoms with Gasteiger partial charge in [0.05, 0.1) is 0 Å². The van der Waals surface area contributed by atoms with E-state index >= 15 is 0 Å². The van der Waals surface area contributed by atoms with E-state index in [0.29, 0.717) is 6.42 Å². The van der Waals surface area contributed by atoms with Crippen molar-refractivity contribution < 1.29 is 4.79 Å². The van der Waals surface area contributed by atoms with Crippen LogP contribution in [0.3, 0.4) is 0 Å². The molecule has 13 heavy (non-hydrogen) atoms. The summed E-state index contributed by atoms with van der Waals surface area (Å²) in [6.45, 7) is 3.69. The molecule has 1 rings (SSSR count). The summed E-state index contributed by atoms with van der Waals surface area (Å²) in [5.74, 6) is 0.244. The van der Waals surface area contributed by atoms with Gasteiger partial charge < -0.3 is 4.79 Å². The quantitative estimate of drug-likeness (QED) is 0.793. The molecule has 0 saturated carbocycles. The van der Waals surface area contributed by atoms with Crippen LogP contribution in [-0.2, 0) is 11.2 Å². The van der Waals surface area contributed by atoms with Crippen LogP contribution in [-0.4, -0.2) is 5.78 Å². The molecule has 0 aromatic heterocycles. The lowest BCUT2D eigenvalue weighted by atomic mass is 10.1. The smallest absolute Gasteiger partial charge is 0.130 e. The van der Waals surface area contributed by atoms with Gasteiger partial charge in [-0.1, -0.05) is 34.1 Å². The van der Waals surface area contributed by atoms with E-state index in [9.17, 15) is 4.79 Å². The molecule has 0 bridgehead atoms. The highest BCUT2D eigenvalue weighted by Gasteiger charge is 2.02. The van der Waals surface area contributed by atoms with Crippen molar-refractivity contribution in [2.75, 3.05) is 0 Å². The largest absolute Gasteiger partial charge is 0.300 e. The summed E-state index contributed by atoms with van der Waals surface area (Å²) in [5, 5.41) is 0. The summed E-state index contributed by atoms with van der Waals surface area (Å²) in [5.41, 5.74) is 2.44. The molecular weight excluding hydrogens is 228 g/mol. The van der Waals surface area contributed by atoms with Gasteiger partial charge in [-0.15, -0.1) is 0 Å². The Balaban J connectivity index is 2.77. The molecule has 1 aromatic rings. The van der Waals surface area contributed by atoms with Crippen molar-refractivity contribution in [3.63, 3.8) is 0 Å². The number of aryl methyl sites for hydroxylation is 2. The van der Waals surface area contributed by atoms with E-state index in [1.54, 1.807) is 6.92 Å². The zero-order valence-electron chi connectivity index (χ0n) is 7.93. The molecule has 0 unspecified atom stereocenters. The average Bonchev–Trinajstić information content (AvgIpc) is 2.07. The predicted octanol–water partition coefficient (Wildman–Crippen LogP) is 3.28. The molecule has 1 aromatic carbocycles. The second-order valence-electron chi connectivity index (χ2n) is 3.25. The molecular formula is C11H13BrO. The lowest BCUT2D eigenvalue weighted by Gasteiger charge is -2.05. The first-order valence-electron chi connectivity index (χ1n) is 4.34. The van der Waals surface area contributed by atoms with Crippen molar-refractivity contribution in [1.82, 2.24) is 0 Å². The number of ketones is 1. The second kappa shape index (κ2) is 4.56.